The number of ether oxygens (including phenoxy) is 1. The van der Waals surface area contributed by atoms with Crippen LogP contribution < -0.4 is 4.72 Å². The van der Waals surface area contributed by atoms with Crippen molar-refractivity contribution in [3.05, 3.63) is 0 Å². The van der Waals surface area contributed by atoms with Crippen molar-refractivity contribution in [1.29, 1.82) is 0 Å². The average Bonchev–Trinajstić information content (AvgIpc) is 2.21. The fourth-order valence-corrected chi connectivity index (χ4v) is 2.69. The molecule has 0 aliphatic rings. The van der Waals surface area contributed by atoms with Gasteiger partial charge in [-0.1, -0.05) is 13.8 Å². The maximum absolute atomic E-state index is 11.6. The van der Waals surface area contributed by atoms with E-state index in [0.29, 0.717) is 6.42 Å². The smallest absolute Gasteiger partial charge is 0.321 e. The molecule has 0 aromatic heterocycles. The summed E-state index contributed by atoms with van der Waals surface area (Å²) in [5, 5.41) is 8.86. The van der Waals surface area contributed by atoms with Gasteiger partial charge in [-0.3, -0.25) is 4.79 Å². The van der Waals surface area contributed by atoms with Crippen LogP contribution in [0.4, 0.5) is 0 Å². The Balaban J connectivity index is 4.37. The van der Waals surface area contributed by atoms with E-state index in [1.807, 2.05) is 13.8 Å². The van der Waals surface area contributed by atoms with E-state index >= 15 is 0 Å². The summed E-state index contributed by atoms with van der Waals surface area (Å²) in [4.78, 5) is 10.8. The molecule has 0 amide bonds. The Labute approximate surface area is 102 Å². The number of carboxylic acid groups (broad SMARTS) is 1. The van der Waals surface area contributed by atoms with Crippen molar-refractivity contribution in [1.82, 2.24) is 4.72 Å². The summed E-state index contributed by atoms with van der Waals surface area (Å²) >= 11 is 0. The van der Waals surface area contributed by atoms with Crippen LogP contribution in [0, 0.1) is 5.92 Å². The van der Waals surface area contributed by atoms with Gasteiger partial charge in [-0.05, 0) is 18.8 Å². The number of sulfonamides is 1. The molecule has 0 saturated carbocycles. The molecule has 1 atom stereocenters. The minimum absolute atomic E-state index is 0.0541. The lowest BCUT2D eigenvalue weighted by Gasteiger charge is -2.14. The molecule has 6 nitrogen and oxygen atoms in total. The van der Waals surface area contributed by atoms with Gasteiger partial charge >= 0.3 is 5.97 Å². The zero-order chi connectivity index (χ0) is 13.5. The first-order valence-corrected chi connectivity index (χ1v) is 7.15. The number of hydrogen-bond donors (Lipinski definition) is 2. The topological polar surface area (TPSA) is 92.7 Å². The van der Waals surface area contributed by atoms with Crippen LogP contribution in [0.25, 0.3) is 0 Å². The Morgan fingerprint density at radius 2 is 1.94 bits per heavy atom. The molecule has 7 heteroatoms. The van der Waals surface area contributed by atoms with Crippen LogP contribution in [0.1, 0.15) is 26.7 Å². The number of nitrogens with one attached hydrogen (secondary N) is 1. The Bertz CT molecular complexity index is 326. The summed E-state index contributed by atoms with van der Waals surface area (Å²) in [5.74, 6) is -0.981. The fourth-order valence-electron chi connectivity index (χ4n) is 1.14. The standard InChI is InChI=1S/C10H21NO5S/c1-8(2)5-7-17(14,15)11-9(10(12)13)4-6-16-3/h8-9,11H,4-7H2,1-3H3,(H,12,13). The quantitative estimate of drug-likeness (QED) is 0.632. The number of hydrogen-bond acceptors (Lipinski definition) is 4. The second kappa shape index (κ2) is 7.62. The average molecular weight is 267 g/mol. The second-order valence-corrected chi connectivity index (χ2v) is 6.16. The van der Waals surface area contributed by atoms with E-state index in [0.717, 1.165) is 0 Å². The molecule has 0 rings (SSSR count). The maximum Gasteiger partial charge on any atom is 0.321 e. The third kappa shape index (κ3) is 8.12. The molecule has 1 unspecified atom stereocenters. The Hall–Kier alpha value is -0.660. The van der Waals surface area contributed by atoms with Gasteiger partial charge in [0.15, 0.2) is 0 Å². The van der Waals surface area contributed by atoms with Gasteiger partial charge in [-0.2, -0.15) is 0 Å². The normalized spacial score (nSPS) is 13.9. The minimum atomic E-state index is -3.54. The summed E-state index contributed by atoms with van der Waals surface area (Å²) in [5.41, 5.74) is 0. The molecule has 0 saturated heterocycles. The molecule has 0 bridgehead atoms. The molecule has 0 fully saturated rings. The van der Waals surface area contributed by atoms with E-state index in [-0.39, 0.29) is 24.7 Å². The highest BCUT2D eigenvalue weighted by Crippen LogP contribution is 2.04. The van der Waals surface area contributed by atoms with Crippen molar-refractivity contribution < 1.29 is 23.1 Å². The van der Waals surface area contributed by atoms with Crippen molar-refractivity contribution in [2.75, 3.05) is 19.5 Å². The molecule has 0 aromatic carbocycles. The van der Waals surface area contributed by atoms with Crippen molar-refractivity contribution in [2.24, 2.45) is 5.92 Å². The third-order valence-corrected chi connectivity index (χ3v) is 3.61. The number of carbonyl (C=O) groups is 1. The van der Waals surface area contributed by atoms with Gasteiger partial charge in [0, 0.05) is 13.7 Å². The van der Waals surface area contributed by atoms with Gasteiger partial charge in [0.1, 0.15) is 6.04 Å². The Morgan fingerprint density at radius 3 is 2.35 bits per heavy atom. The Kier molecular flexibility index (Phi) is 7.33. The van der Waals surface area contributed by atoms with E-state index in [1.165, 1.54) is 7.11 Å². The highest BCUT2D eigenvalue weighted by molar-refractivity contribution is 7.89. The predicted molar refractivity (Wildman–Crippen MR) is 64.3 cm³/mol. The van der Waals surface area contributed by atoms with E-state index in [4.69, 9.17) is 9.84 Å². The lowest BCUT2D eigenvalue weighted by molar-refractivity contribution is -0.139. The van der Waals surface area contributed by atoms with Crippen LogP contribution in [-0.4, -0.2) is 45.0 Å². The van der Waals surface area contributed by atoms with Crippen molar-refractivity contribution in [3.63, 3.8) is 0 Å². The summed E-state index contributed by atoms with van der Waals surface area (Å²) in [6.45, 7) is 4.02. The SMILES string of the molecule is COCCC(NS(=O)(=O)CCC(C)C)C(=O)O. The van der Waals surface area contributed by atoms with Crippen LogP contribution in [0.15, 0.2) is 0 Å². The van der Waals surface area contributed by atoms with E-state index < -0.39 is 22.0 Å². The first-order valence-electron chi connectivity index (χ1n) is 5.50. The zero-order valence-electron chi connectivity index (χ0n) is 10.5. The molecule has 0 aliphatic heterocycles. The van der Waals surface area contributed by atoms with Gasteiger partial charge in [0.2, 0.25) is 10.0 Å². The third-order valence-electron chi connectivity index (χ3n) is 2.19. The van der Waals surface area contributed by atoms with Gasteiger partial charge in [0.05, 0.1) is 5.75 Å². The number of methoxy groups -OCH3 is 1. The minimum Gasteiger partial charge on any atom is -0.480 e. The molecule has 0 heterocycles. The van der Waals surface area contributed by atoms with Crippen LogP contribution >= 0.6 is 0 Å². The molecule has 102 valence electrons. The van der Waals surface area contributed by atoms with E-state index in [1.54, 1.807) is 0 Å². The first kappa shape index (κ1) is 16.3. The van der Waals surface area contributed by atoms with Crippen molar-refractivity contribution in [3.8, 4) is 0 Å². The Morgan fingerprint density at radius 1 is 1.35 bits per heavy atom. The van der Waals surface area contributed by atoms with Crippen LogP contribution in [-0.2, 0) is 19.6 Å². The van der Waals surface area contributed by atoms with E-state index in [2.05, 4.69) is 4.72 Å². The monoisotopic (exact) mass is 267 g/mol. The summed E-state index contributed by atoms with van der Waals surface area (Å²) < 4.78 is 30.1. The van der Waals surface area contributed by atoms with Crippen LogP contribution in [0.2, 0.25) is 0 Å². The second-order valence-electron chi connectivity index (χ2n) is 4.29. The van der Waals surface area contributed by atoms with Gasteiger partial charge < -0.3 is 9.84 Å². The number of rotatable bonds is 9. The fraction of sp³-hybridized carbons (Fsp3) is 0.900. The first-order chi connectivity index (χ1) is 7.78. The number of carboxylic acids is 1. The highest BCUT2D eigenvalue weighted by Gasteiger charge is 2.23. The highest BCUT2D eigenvalue weighted by atomic mass is 32.2. The van der Waals surface area contributed by atoms with Gasteiger partial charge in [0.25, 0.3) is 0 Å². The van der Waals surface area contributed by atoms with E-state index in [9.17, 15) is 13.2 Å². The molecule has 0 spiro atoms. The molecule has 0 aromatic rings. The molecule has 0 radical (unpaired) electrons. The summed E-state index contributed by atoms with van der Waals surface area (Å²) in [6, 6.07) is -1.12. The van der Waals surface area contributed by atoms with Crippen molar-refractivity contribution >= 4 is 16.0 Å². The molecular weight excluding hydrogens is 246 g/mol. The molecule has 2 N–H and O–H groups in total. The largest absolute Gasteiger partial charge is 0.480 e. The summed E-state index contributed by atoms with van der Waals surface area (Å²) in [7, 11) is -2.10. The van der Waals surface area contributed by atoms with Crippen molar-refractivity contribution in [2.45, 2.75) is 32.7 Å². The zero-order valence-corrected chi connectivity index (χ0v) is 11.3. The predicted octanol–water partition coefficient (Wildman–Crippen LogP) is 0.442. The molecule has 0 aliphatic carbocycles. The van der Waals surface area contributed by atoms with Crippen LogP contribution in [0.5, 0.6) is 0 Å². The molecular formula is C10H21NO5S. The van der Waals surface area contributed by atoms with Gasteiger partial charge in [-0.25, -0.2) is 13.1 Å². The van der Waals surface area contributed by atoms with Crippen LogP contribution in [0.3, 0.4) is 0 Å². The lowest BCUT2D eigenvalue weighted by Crippen LogP contribution is -2.42. The lowest BCUT2D eigenvalue weighted by atomic mass is 10.2. The summed E-state index contributed by atoms with van der Waals surface area (Å²) in [6.07, 6.45) is 0.624. The maximum atomic E-state index is 11.6. The number of aliphatic carboxylic acids is 1. The molecule has 17 heavy (non-hydrogen) atoms. The van der Waals surface area contributed by atoms with Gasteiger partial charge in [-0.15, -0.1) is 0 Å².